The number of para-hydroxylation sites is 2. The fourth-order valence-corrected chi connectivity index (χ4v) is 6.95. The average molecular weight is 385 g/mol. The zero-order valence-electron chi connectivity index (χ0n) is 17.1. The molecule has 1 saturated heterocycles. The number of methoxy groups -OCH3 is 1. The van der Waals surface area contributed by atoms with Crippen LogP contribution in [0.3, 0.4) is 0 Å². The molecular weight excluding hydrogens is 350 g/mol. The molecule has 4 aliphatic carbocycles. The molecule has 5 aliphatic rings. The fraction of sp³-hybridized carbons (Fsp3) is 0.696. The third-order valence-electron chi connectivity index (χ3n) is 7.85. The monoisotopic (exact) mass is 384 g/mol. The number of quaternary nitrogens is 1. The van der Waals surface area contributed by atoms with Gasteiger partial charge in [0.25, 0.3) is 5.91 Å². The van der Waals surface area contributed by atoms with E-state index in [0.29, 0.717) is 18.0 Å². The van der Waals surface area contributed by atoms with Crippen molar-refractivity contribution < 1.29 is 14.8 Å². The van der Waals surface area contributed by atoms with Gasteiger partial charge in [-0.3, -0.25) is 4.79 Å². The first-order valence-electron chi connectivity index (χ1n) is 11.1. The van der Waals surface area contributed by atoms with E-state index in [2.05, 4.69) is 27.2 Å². The first kappa shape index (κ1) is 18.3. The molecular formula is C23H34N3O2+. The molecule has 5 nitrogen and oxygen atoms in total. The molecule has 1 aromatic carbocycles. The number of ether oxygens (including phenoxy) is 1. The third kappa shape index (κ3) is 3.38. The summed E-state index contributed by atoms with van der Waals surface area (Å²) in [5.74, 6) is 4.08. The molecule has 4 bridgehead atoms. The number of nitrogens with zero attached hydrogens (tertiary/aromatic N) is 2. The van der Waals surface area contributed by atoms with Crippen molar-refractivity contribution in [1.29, 1.82) is 0 Å². The Kier molecular flexibility index (Phi) is 4.74. The molecule has 28 heavy (non-hydrogen) atoms. The van der Waals surface area contributed by atoms with Crippen LogP contribution in [0.1, 0.15) is 38.5 Å². The Balaban J connectivity index is 1.15. The van der Waals surface area contributed by atoms with Gasteiger partial charge in [-0.25, -0.2) is 0 Å². The second-order valence-electron chi connectivity index (χ2n) is 9.73. The van der Waals surface area contributed by atoms with Crippen LogP contribution in [-0.4, -0.2) is 56.2 Å². The van der Waals surface area contributed by atoms with Crippen molar-refractivity contribution in [3.63, 3.8) is 0 Å². The standard InChI is InChI=1S/C23H33N3O2/c1-28-21-5-3-2-4-20(21)25-6-8-26(9-7-25)22(27)16-24-23-13-17-10-18(14-23)12-19(11-17)15-23/h2-5,17-19,24H,6-16H2,1H3/p+1. The van der Waals surface area contributed by atoms with Gasteiger partial charge in [0.15, 0.2) is 6.54 Å². The van der Waals surface area contributed by atoms with Crippen LogP contribution in [0.25, 0.3) is 0 Å². The second-order valence-corrected chi connectivity index (χ2v) is 9.73. The van der Waals surface area contributed by atoms with Crippen LogP contribution in [0, 0.1) is 17.8 Å². The van der Waals surface area contributed by atoms with Gasteiger partial charge in [-0.05, 0) is 49.1 Å². The van der Waals surface area contributed by atoms with Crippen molar-refractivity contribution in [3.05, 3.63) is 24.3 Å². The summed E-state index contributed by atoms with van der Waals surface area (Å²) in [5.41, 5.74) is 1.53. The van der Waals surface area contributed by atoms with E-state index < -0.39 is 0 Å². The Labute approximate surface area is 168 Å². The average Bonchev–Trinajstić information content (AvgIpc) is 2.71. The smallest absolute Gasteiger partial charge is 0.277 e. The Hall–Kier alpha value is -1.75. The van der Waals surface area contributed by atoms with Gasteiger partial charge in [0.2, 0.25) is 0 Å². The molecule has 0 unspecified atom stereocenters. The van der Waals surface area contributed by atoms with E-state index in [1.165, 1.54) is 38.5 Å². The highest BCUT2D eigenvalue weighted by Gasteiger charge is 2.53. The SMILES string of the molecule is COc1ccccc1N1CCN(C(=O)C[NH2+]C23CC4CC(CC(C4)C2)C3)CC1. The predicted octanol–water partition coefficient (Wildman–Crippen LogP) is 1.88. The largest absolute Gasteiger partial charge is 0.495 e. The molecule has 1 aliphatic heterocycles. The molecule has 0 aromatic heterocycles. The summed E-state index contributed by atoms with van der Waals surface area (Å²) in [7, 11) is 1.72. The zero-order chi connectivity index (χ0) is 19.1. The minimum atomic E-state index is 0.329. The first-order valence-corrected chi connectivity index (χ1v) is 11.1. The van der Waals surface area contributed by atoms with Crippen LogP contribution in [0.2, 0.25) is 0 Å². The van der Waals surface area contributed by atoms with Crippen LogP contribution in [0.15, 0.2) is 24.3 Å². The van der Waals surface area contributed by atoms with Gasteiger partial charge < -0.3 is 19.9 Å². The fourth-order valence-electron chi connectivity index (χ4n) is 6.95. The van der Waals surface area contributed by atoms with Crippen LogP contribution in [0.4, 0.5) is 5.69 Å². The zero-order valence-corrected chi connectivity index (χ0v) is 17.1. The molecule has 1 heterocycles. The van der Waals surface area contributed by atoms with Crippen molar-refractivity contribution in [3.8, 4) is 5.75 Å². The van der Waals surface area contributed by atoms with Crippen LogP contribution < -0.4 is 15.0 Å². The highest BCUT2D eigenvalue weighted by atomic mass is 16.5. The lowest BCUT2D eigenvalue weighted by molar-refractivity contribution is -0.730. The molecule has 0 atom stereocenters. The molecule has 152 valence electrons. The molecule has 1 amide bonds. The van der Waals surface area contributed by atoms with E-state index in [0.717, 1.165) is 55.4 Å². The Bertz CT molecular complexity index is 691. The minimum absolute atomic E-state index is 0.329. The van der Waals surface area contributed by atoms with Gasteiger partial charge in [-0.2, -0.15) is 0 Å². The molecule has 2 N–H and O–H groups in total. The summed E-state index contributed by atoms with van der Waals surface area (Å²) in [6, 6.07) is 8.17. The van der Waals surface area contributed by atoms with Gasteiger partial charge >= 0.3 is 0 Å². The number of anilines is 1. The molecule has 1 aromatic rings. The first-order chi connectivity index (χ1) is 13.6. The van der Waals surface area contributed by atoms with Gasteiger partial charge in [0, 0.05) is 45.4 Å². The highest BCUT2D eigenvalue weighted by Crippen LogP contribution is 2.54. The topological polar surface area (TPSA) is 49.4 Å². The second kappa shape index (κ2) is 7.25. The number of piperazine rings is 1. The Morgan fingerprint density at radius 2 is 1.64 bits per heavy atom. The number of carbonyl (C=O) groups is 1. The van der Waals surface area contributed by atoms with Crippen LogP contribution in [0.5, 0.6) is 5.75 Å². The Morgan fingerprint density at radius 3 is 2.25 bits per heavy atom. The number of nitrogens with two attached hydrogens (primary N) is 1. The summed E-state index contributed by atoms with van der Waals surface area (Å²) in [4.78, 5) is 17.3. The number of benzene rings is 1. The lowest BCUT2D eigenvalue weighted by Crippen LogP contribution is -3.00. The molecule has 4 saturated carbocycles. The quantitative estimate of drug-likeness (QED) is 0.843. The van der Waals surface area contributed by atoms with E-state index in [9.17, 15) is 4.79 Å². The van der Waals surface area contributed by atoms with Crippen molar-refractivity contribution in [2.45, 2.75) is 44.1 Å². The molecule has 5 fully saturated rings. The minimum Gasteiger partial charge on any atom is -0.495 e. The maximum atomic E-state index is 12.9. The van der Waals surface area contributed by atoms with Crippen molar-refractivity contribution in [2.24, 2.45) is 17.8 Å². The van der Waals surface area contributed by atoms with E-state index in [1.807, 2.05) is 12.1 Å². The molecule has 6 rings (SSSR count). The highest BCUT2D eigenvalue weighted by molar-refractivity contribution is 5.77. The van der Waals surface area contributed by atoms with Gasteiger partial charge in [0.1, 0.15) is 5.75 Å². The summed E-state index contributed by atoms with van der Waals surface area (Å²) >= 11 is 0. The maximum absolute atomic E-state index is 12.9. The van der Waals surface area contributed by atoms with E-state index >= 15 is 0 Å². The van der Waals surface area contributed by atoms with Crippen molar-refractivity contribution in [2.75, 3.05) is 44.7 Å². The summed E-state index contributed by atoms with van der Waals surface area (Å²) in [5, 5.41) is 2.45. The number of hydrogen-bond donors (Lipinski definition) is 1. The van der Waals surface area contributed by atoms with Gasteiger partial charge in [-0.1, -0.05) is 12.1 Å². The lowest BCUT2D eigenvalue weighted by atomic mass is 9.53. The lowest BCUT2D eigenvalue weighted by Gasteiger charge is -2.54. The van der Waals surface area contributed by atoms with Crippen molar-refractivity contribution >= 4 is 11.6 Å². The molecule has 0 radical (unpaired) electrons. The van der Waals surface area contributed by atoms with E-state index in [1.54, 1.807) is 7.11 Å². The number of amides is 1. The number of carbonyl (C=O) groups excluding carboxylic acids is 1. The summed E-state index contributed by atoms with van der Waals surface area (Å²) < 4.78 is 5.50. The van der Waals surface area contributed by atoms with Gasteiger partial charge in [-0.15, -0.1) is 0 Å². The van der Waals surface area contributed by atoms with Crippen molar-refractivity contribution in [1.82, 2.24) is 4.90 Å². The van der Waals surface area contributed by atoms with E-state index in [-0.39, 0.29) is 0 Å². The van der Waals surface area contributed by atoms with Crippen LogP contribution in [-0.2, 0) is 4.79 Å². The molecule has 0 spiro atoms. The maximum Gasteiger partial charge on any atom is 0.277 e. The van der Waals surface area contributed by atoms with E-state index in [4.69, 9.17) is 4.74 Å². The summed E-state index contributed by atoms with van der Waals surface area (Å²) in [6.07, 6.45) is 8.46. The van der Waals surface area contributed by atoms with Crippen LogP contribution >= 0.6 is 0 Å². The normalized spacial score (nSPS) is 34.0. The number of hydrogen-bond acceptors (Lipinski definition) is 3. The summed E-state index contributed by atoms with van der Waals surface area (Å²) in [6.45, 7) is 4.02. The van der Waals surface area contributed by atoms with Gasteiger partial charge in [0.05, 0.1) is 18.3 Å². The predicted molar refractivity (Wildman–Crippen MR) is 109 cm³/mol. The molecule has 5 heteroatoms. The third-order valence-corrected chi connectivity index (χ3v) is 7.85. The Morgan fingerprint density at radius 1 is 1.04 bits per heavy atom. The number of rotatable bonds is 5.